The van der Waals surface area contributed by atoms with E-state index in [1.165, 1.54) is 11.3 Å². The molecule has 0 radical (unpaired) electrons. The molecule has 24 heavy (non-hydrogen) atoms. The van der Waals surface area contributed by atoms with Gasteiger partial charge in [-0.15, -0.1) is 11.3 Å². The van der Waals surface area contributed by atoms with Gasteiger partial charge < -0.3 is 11.1 Å². The largest absolute Gasteiger partial charge is 0.365 e. The molecule has 0 atom stereocenters. The van der Waals surface area contributed by atoms with Crippen LogP contribution in [0.3, 0.4) is 0 Å². The van der Waals surface area contributed by atoms with E-state index in [0.717, 1.165) is 10.6 Å². The first-order valence-electron chi connectivity index (χ1n) is 6.89. The molecular weight excluding hydrogens is 348 g/mol. The smallest absolute Gasteiger partial charge is 0.256 e. The first-order valence-corrected chi connectivity index (χ1v) is 8.15. The molecule has 0 saturated carbocycles. The number of amides is 1. The Morgan fingerprint density at radius 1 is 1.50 bits per heavy atom. The number of aromatic nitrogens is 3. The summed E-state index contributed by atoms with van der Waals surface area (Å²) in [5, 5.41) is 10.4. The molecule has 0 aliphatic carbocycles. The number of halogens is 1. The molecule has 0 bridgehead atoms. The van der Waals surface area contributed by atoms with Crippen molar-refractivity contribution >= 4 is 52.4 Å². The average molecular weight is 361 g/mol. The van der Waals surface area contributed by atoms with Gasteiger partial charge in [-0.25, -0.2) is 9.98 Å². The third kappa shape index (κ3) is 3.44. The molecule has 0 saturated heterocycles. The van der Waals surface area contributed by atoms with Gasteiger partial charge in [0.15, 0.2) is 11.6 Å². The number of hydrogen-bond acceptors (Lipinski definition) is 6. The van der Waals surface area contributed by atoms with Gasteiger partial charge in [-0.1, -0.05) is 17.7 Å². The van der Waals surface area contributed by atoms with E-state index in [1.807, 2.05) is 6.92 Å². The van der Waals surface area contributed by atoms with E-state index < -0.39 is 5.91 Å². The number of hydrogen-bond donors (Lipinski definition) is 3. The Morgan fingerprint density at radius 3 is 3.00 bits per heavy atom. The molecule has 4 N–H and O–H groups in total. The number of aromatic amines is 1. The van der Waals surface area contributed by atoms with Gasteiger partial charge in [0.1, 0.15) is 5.56 Å². The van der Waals surface area contributed by atoms with Crippen LogP contribution in [0.2, 0.25) is 5.02 Å². The Labute approximate surface area is 146 Å². The summed E-state index contributed by atoms with van der Waals surface area (Å²) < 4.78 is 0. The Hall–Kier alpha value is -2.71. The molecule has 7 nitrogen and oxygen atoms in total. The molecule has 0 spiro atoms. The summed E-state index contributed by atoms with van der Waals surface area (Å²) in [5.41, 5.74) is 8.92. The van der Waals surface area contributed by atoms with Crippen molar-refractivity contribution in [3.8, 4) is 0 Å². The molecule has 2 heterocycles. The molecule has 122 valence electrons. The normalized spacial score (nSPS) is 11.1. The molecule has 0 aliphatic rings. The molecule has 1 aromatic carbocycles. The van der Waals surface area contributed by atoms with Crippen LogP contribution >= 0.6 is 22.9 Å². The highest BCUT2D eigenvalue weighted by atomic mass is 35.5. The second kappa shape index (κ2) is 6.81. The van der Waals surface area contributed by atoms with Crippen LogP contribution in [-0.4, -0.2) is 27.3 Å². The zero-order chi connectivity index (χ0) is 17.1. The molecule has 9 heteroatoms. The lowest BCUT2D eigenvalue weighted by Crippen LogP contribution is -2.12. The van der Waals surface area contributed by atoms with Crippen molar-refractivity contribution in [1.82, 2.24) is 15.2 Å². The molecule has 0 unspecified atom stereocenters. The number of thiazole rings is 1. The standard InChI is InChI=1S/C15H13ClN6OS/c1-8-11(24-7-19-8)6-18-14-12(13(17)23)15(22-21-14)20-10-4-2-3-9(16)5-10/h2-7H,1H3,(H2,17,23)(H2,20,21,22)/b18-6+. The molecular formula is C15H13ClN6OS. The number of H-pyrrole nitrogens is 1. The monoisotopic (exact) mass is 360 g/mol. The molecule has 0 fully saturated rings. The van der Waals surface area contributed by atoms with Gasteiger partial charge in [-0.05, 0) is 25.1 Å². The topological polar surface area (TPSA) is 109 Å². The van der Waals surface area contributed by atoms with E-state index in [4.69, 9.17) is 17.3 Å². The third-order valence-electron chi connectivity index (χ3n) is 3.17. The predicted octanol–water partition coefficient (Wildman–Crippen LogP) is 3.42. The zero-order valence-corrected chi connectivity index (χ0v) is 14.1. The summed E-state index contributed by atoms with van der Waals surface area (Å²) in [6, 6.07) is 7.05. The highest BCUT2D eigenvalue weighted by Crippen LogP contribution is 2.27. The first kappa shape index (κ1) is 16.2. The number of benzene rings is 1. The van der Waals surface area contributed by atoms with Gasteiger partial charge in [0.05, 0.1) is 16.1 Å². The van der Waals surface area contributed by atoms with Crippen LogP contribution in [0.5, 0.6) is 0 Å². The van der Waals surface area contributed by atoms with E-state index in [-0.39, 0.29) is 17.2 Å². The predicted molar refractivity (Wildman–Crippen MR) is 95.9 cm³/mol. The van der Waals surface area contributed by atoms with E-state index in [0.29, 0.717) is 10.7 Å². The fourth-order valence-corrected chi connectivity index (χ4v) is 2.86. The summed E-state index contributed by atoms with van der Waals surface area (Å²) in [6.07, 6.45) is 1.62. The highest BCUT2D eigenvalue weighted by molar-refractivity contribution is 7.11. The minimum Gasteiger partial charge on any atom is -0.365 e. The van der Waals surface area contributed by atoms with Crippen LogP contribution in [0.15, 0.2) is 34.8 Å². The molecule has 3 aromatic rings. The van der Waals surface area contributed by atoms with E-state index in [1.54, 1.807) is 36.0 Å². The minimum atomic E-state index is -0.638. The number of nitrogens with one attached hydrogen (secondary N) is 2. The van der Waals surface area contributed by atoms with Crippen LogP contribution in [0.1, 0.15) is 20.9 Å². The Morgan fingerprint density at radius 2 is 2.33 bits per heavy atom. The number of nitrogens with two attached hydrogens (primary N) is 1. The quantitative estimate of drug-likeness (QED) is 0.605. The van der Waals surface area contributed by atoms with E-state index in [2.05, 4.69) is 25.5 Å². The lowest BCUT2D eigenvalue weighted by atomic mass is 10.2. The van der Waals surface area contributed by atoms with Crippen LogP contribution < -0.4 is 11.1 Å². The van der Waals surface area contributed by atoms with Crippen LogP contribution in [0.4, 0.5) is 17.3 Å². The van der Waals surface area contributed by atoms with Crippen LogP contribution in [0.25, 0.3) is 0 Å². The minimum absolute atomic E-state index is 0.174. The second-order valence-electron chi connectivity index (χ2n) is 4.86. The van der Waals surface area contributed by atoms with Gasteiger partial charge in [0.25, 0.3) is 5.91 Å². The maximum Gasteiger partial charge on any atom is 0.256 e. The van der Waals surface area contributed by atoms with Crippen LogP contribution in [0, 0.1) is 6.92 Å². The number of nitrogens with zero attached hydrogens (tertiary/aromatic N) is 3. The summed E-state index contributed by atoms with van der Waals surface area (Å²) in [5.74, 6) is -0.0702. The van der Waals surface area contributed by atoms with Crippen molar-refractivity contribution in [1.29, 1.82) is 0 Å². The van der Waals surface area contributed by atoms with Gasteiger partial charge in [-0.3, -0.25) is 9.89 Å². The van der Waals surface area contributed by atoms with Crippen LogP contribution in [-0.2, 0) is 0 Å². The third-order valence-corrected chi connectivity index (χ3v) is 4.28. The average Bonchev–Trinajstić information content (AvgIpc) is 3.11. The fraction of sp³-hybridized carbons (Fsp3) is 0.0667. The molecule has 0 aliphatic heterocycles. The lowest BCUT2D eigenvalue weighted by Gasteiger charge is -2.04. The Bertz CT molecular complexity index is 916. The van der Waals surface area contributed by atoms with Crippen molar-refractivity contribution in [2.45, 2.75) is 6.92 Å². The maximum atomic E-state index is 11.8. The van der Waals surface area contributed by atoms with Gasteiger partial charge in [-0.2, -0.15) is 5.10 Å². The number of anilines is 2. The highest BCUT2D eigenvalue weighted by Gasteiger charge is 2.18. The summed E-state index contributed by atoms with van der Waals surface area (Å²) in [6.45, 7) is 1.88. The maximum absolute atomic E-state index is 11.8. The van der Waals surface area contributed by atoms with Gasteiger partial charge in [0, 0.05) is 16.9 Å². The Balaban J connectivity index is 1.92. The molecule has 1 amide bonds. The number of primary amides is 1. The summed E-state index contributed by atoms with van der Waals surface area (Å²) in [4.78, 5) is 21.1. The van der Waals surface area contributed by atoms with E-state index >= 15 is 0 Å². The number of aliphatic imine (C=N–C) groups is 1. The molecule has 3 rings (SSSR count). The number of carbonyl (C=O) groups excluding carboxylic acids is 1. The van der Waals surface area contributed by atoms with Gasteiger partial charge >= 0.3 is 0 Å². The van der Waals surface area contributed by atoms with Crippen molar-refractivity contribution < 1.29 is 4.79 Å². The van der Waals surface area contributed by atoms with Crippen molar-refractivity contribution in [2.75, 3.05) is 5.32 Å². The zero-order valence-electron chi connectivity index (χ0n) is 12.6. The SMILES string of the molecule is Cc1ncsc1/C=N/c1[nH]nc(Nc2cccc(Cl)c2)c1C(N)=O. The number of aryl methyl sites for hydroxylation is 1. The lowest BCUT2D eigenvalue weighted by molar-refractivity contribution is 0.100. The molecule has 2 aromatic heterocycles. The van der Waals surface area contributed by atoms with Crippen molar-refractivity contribution in [3.63, 3.8) is 0 Å². The summed E-state index contributed by atoms with van der Waals surface area (Å²) in [7, 11) is 0. The van der Waals surface area contributed by atoms with E-state index in [9.17, 15) is 4.79 Å². The van der Waals surface area contributed by atoms with Crippen molar-refractivity contribution in [2.24, 2.45) is 10.7 Å². The second-order valence-corrected chi connectivity index (χ2v) is 6.18. The number of carbonyl (C=O) groups is 1. The van der Waals surface area contributed by atoms with Gasteiger partial charge in [0.2, 0.25) is 0 Å². The Kier molecular flexibility index (Phi) is 4.59. The number of rotatable bonds is 5. The fourth-order valence-electron chi connectivity index (χ4n) is 2.01. The summed E-state index contributed by atoms with van der Waals surface area (Å²) >= 11 is 7.40. The van der Waals surface area contributed by atoms with Crippen molar-refractivity contribution in [3.05, 3.63) is 50.9 Å². The first-order chi connectivity index (χ1) is 11.5.